The summed E-state index contributed by atoms with van der Waals surface area (Å²) in [6, 6.07) is 9.76. The average Bonchev–Trinajstić information content (AvgIpc) is 2.38. The molecule has 0 aliphatic heterocycles. The molecule has 0 heterocycles. The summed E-state index contributed by atoms with van der Waals surface area (Å²) in [6.45, 7) is 3.91. The van der Waals surface area contributed by atoms with Gasteiger partial charge in [-0.1, -0.05) is 36.4 Å². The molecule has 1 aromatic rings. The lowest BCUT2D eigenvalue weighted by atomic mass is 10.1. The molecule has 0 aliphatic rings. The number of nitrogens with zero attached hydrogens (tertiary/aromatic N) is 1. The molecule has 6 heteroatoms. The largest absolute Gasteiger partial charge is 0.355 e. The second-order valence-electron chi connectivity index (χ2n) is 4.43. The molecule has 0 saturated heterocycles. The first-order valence-corrected chi connectivity index (χ1v) is 8.15. The van der Waals surface area contributed by atoms with Crippen LogP contribution in [0.3, 0.4) is 0 Å². The fourth-order valence-electron chi connectivity index (χ4n) is 1.67. The maximum Gasteiger partial charge on any atom is 0.235 e. The van der Waals surface area contributed by atoms with Crippen molar-refractivity contribution in [2.45, 2.75) is 6.42 Å². The van der Waals surface area contributed by atoms with Gasteiger partial charge in [-0.15, -0.1) is 6.58 Å². The second kappa shape index (κ2) is 7.81. The summed E-state index contributed by atoms with van der Waals surface area (Å²) < 4.78 is 24.0. The Morgan fingerprint density at radius 2 is 2.00 bits per heavy atom. The molecular formula is C14H20N2O3S. The molecule has 1 rings (SSSR count). The lowest BCUT2D eigenvalue weighted by molar-refractivity contribution is -0.121. The van der Waals surface area contributed by atoms with Crippen molar-refractivity contribution in [1.29, 1.82) is 0 Å². The number of hydrogen-bond acceptors (Lipinski definition) is 3. The Balaban J connectivity index is 2.41. The van der Waals surface area contributed by atoms with Crippen molar-refractivity contribution in [3.05, 3.63) is 48.6 Å². The Hall–Kier alpha value is -1.66. The van der Waals surface area contributed by atoms with E-state index in [1.165, 1.54) is 6.08 Å². The van der Waals surface area contributed by atoms with Crippen LogP contribution in [-0.2, 0) is 21.2 Å². The highest BCUT2D eigenvalue weighted by atomic mass is 32.2. The average molecular weight is 296 g/mol. The quantitative estimate of drug-likeness (QED) is 0.721. The van der Waals surface area contributed by atoms with Gasteiger partial charge in [-0.2, -0.15) is 4.31 Å². The van der Waals surface area contributed by atoms with Gasteiger partial charge in [-0.3, -0.25) is 4.79 Å². The van der Waals surface area contributed by atoms with Gasteiger partial charge < -0.3 is 5.32 Å². The Morgan fingerprint density at radius 1 is 1.35 bits per heavy atom. The molecule has 110 valence electrons. The van der Waals surface area contributed by atoms with Crippen LogP contribution in [-0.4, -0.2) is 44.5 Å². The highest BCUT2D eigenvalue weighted by Gasteiger charge is 2.18. The number of carbonyl (C=O) groups excluding carboxylic acids is 1. The summed E-state index contributed by atoms with van der Waals surface area (Å²) in [7, 11) is -3.40. The van der Waals surface area contributed by atoms with Crippen molar-refractivity contribution in [2.24, 2.45) is 0 Å². The molecule has 0 radical (unpaired) electrons. The van der Waals surface area contributed by atoms with Crippen LogP contribution in [0.15, 0.2) is 43.0 Å². The number of hydrogen-bond donors (Lipinski definition) is 1. The molecule has 0 bridgehead atoms. The van der Waals surface area contributed by atoms with Gasteiger partial charge in [-0.25, -0.2) is 8.42 Å². The SMILES string of the molecule is C=CCN(CC(=O)NCCc1ccccc1)S(C)(=O)=O. The van der Waals surface area contributed by atoms with E-state index in [1.807, 2.05) is 30.3 Å². The van der Waals surface area contributed by atoms with Crippen molar-refractivity contribution < 1.29 is 13.2 Å². The van der Waals surface area contributed by atoms with Crippen LogP contribution >= 0.6 is 0 Å². The van der Waals surface area contributed by atoms with Crippen LogP contribution in [0.4, 0.5) is 0 Å². The van der Waals surface area contributed by atoms with E-state index in [4.69, 9.17) is 0 Å². The van der Waals surface area contributed by atoms with Crippen molar-refractivity contribution >= 4 is 15.9 Å². The summed E-state index contributed by atoms with van der Waals surface area (Å²) in [6.07, 6.45) is 3.25. The van der Waals surface area contributed by atoms with Crippen LogP contribution in [0.2, 0.25) is 0 Å². The van der Waals surface area contributed by atoms with Crippen LogP contribution in [0.1, 0.15) is 5.56 Å². The minimum atomic E-state index is -3.40. The van der Waals surface area contributed by atoms with Gasteiger partial charge in [0.15, 0.2) is 0 Å². The molecular weight excluding hydrogens is 276 g/mol. The number of carbonyl (C=O) groups is 1. The first-order valence-electron chi connectivity index (χ1n) is 6.30. The summed E-state index contributed by atoms with van der Waals surface area (Å²) in [5.41, 5.74) is 1.12. The highest BCUT2D eigenvalue weighted by Crippen LogP contribution is 1.99. The fraction of sp³-hybridized carbons (Fsp3) is 0.357. The molecule has 0 saturated carbocycles. The van der Waals surface area contributed by atoms with Gasteiger partial charge in [-0.05, 0) is 12.0 Å². The van der Waals surface area contributed by atoms with E-state index >= 15 is 0 Å². The van der Waals surface area contributed by atoms with Crippen molar-refractivity contribution in [1.82, 2.24) is 9.62 Å². The van der Waals surface area contributed by atoms with Gasteiger partial charge in [0.1, 0.15) is 0 Å². The predicted octanol–water partition coefficient (Wildman–Crippen LogP) is 0.793. The van der Waals surface area contributed by atoms with Crippen molar-refractivity contribution in [2.75, 3.05) is 25.9 Å². The van der Waals surface area contributed by atoms with E-state index in [1.54, 1.807) is 0 Å². The molecule has 1 N–H and O–H groups in total. The smallest absolute Gasteiger partial charge is 0.235 e. The first kappa shape index (κ1) is 16.4. The third kappa shape index (κ3) is 5.99. The zero-order chi connectivity index (χ0) is 15.0. The minimum absolute atomic E-state index is 0.130. The second-order valence-corrected chi connectivity index (χ2v) is 6.41. The van der Waals surface area contributed by atoms with Crippen LogP contribution in [0, 0.1) is 0 Å². The van der Waals surface area contributed by atoms with E-state index in [9.17, 15) is 13.2 Å². The summed E-state index contributed by atoms with van der Waals surface area (Å²) in [5, 5.41) is 2.71. The molecule has 0 aliphatic carbocycles. The third-order valence-corrected chi connectivity index (χ3v) is 3.92. The molecule has 0 fully saturated rings. The topological polar surface area (TPSA) is 66.5 Å². The molecule has 0 spiro atoms. The lowest BCUT2D eigenvalue weighted by Gasteiger charge is -2.17. The molecule has 0 atom stereocenters. The Kier molecular flexibility index (Phi) is 6.41. The molecule has 1 amide bonds. The minimum Gasteiger partial charge on any atom is -0.355 e. The number of nitrogens with one attached hydrogen (secondary N) is 1. The van der Waals surface area contributed by atoms with Crippen molar-refractivity contribution in [3.63, 3.8) is 0 Å². The monoisotopic (exact) mass is 296 g/mol. The van der Waals surface area contributed by atoms with E-state index in [-0.39, 0.29) is 19.0 Å². The third-order valence-electron chi connectivity index (χ3n) is 2.70. The molecule has 5 nitrogen and oxygen atoms in total. The Morgan fingerprint density at radius 3 is 2.55 bits per heavy atom. The van der Waals surface area contributed by atoms with E-state index in [2.05, 4.69) is 11.9 Å². The van der Waals surface area contributed by atoms with Crippen LogP contribution in [0.5, 0.6) is 0 Å². The highest BCUT2D eigenvalue weighted by molar-refractivity contribution is 7.88. The normalized spacial score (nSPS) is 11.3. The zero-order valence-corrected chi connectivity index (χ0v) is 12.4. The summed E-state index contributed by atoms with van der Waals surface area (Å²) in [4.78, 5) is 11.7. The number of amides is 1. The summed E-state index contributed by atoms with van der Waals surface area (Å²) in [5.74, 6) is -0.312. The van der Waals surface area contributed by atoms with E-state index < -0.39 is 10.0 Å². The Bertz CT molecular complexity index is 541. The van der Waals surface area contributed by atoms with E-state index in [0.29, 0.717) is 13.0 Å². The Labute approximate surface area is 120 Å². The number of rotatable bonds is 8. The van der Waals surface area contributed by atoms with Crippen LogP contribution < -0.4 is 5.32 Å². The zero-order valence-electron chi connectivity index (χ0n) is 11.6. The van der Waals surface area contributed by atoms with Crippen molar-refractivity contribution in [3.8, 4) is 0 Å². The predicted molar refractivity (Wildman–Crippen MR) is 79.8 cm³/mol. The van der Waals surface area contributed by atoms with Crippen LogP contribution in [0.25, 0.3) is 0 Å². The van der Waals surface area contributed by atoms with Gasteiger partial charge in [0.25, 0.3) is 0 Å². The molecule has 20 heavy (non-hydrogen) atoms. The van der Waals surface area contributed by atoms with Gasteiger partial charge in [0.2, 0.25) is 15.9 Å². The maximum absolute atomic E-state index is 11.7. The molecule has 0 aromatic heterocycles. The lowest BCUT2D eigenvalue weighted by Crippen LogP contribution is -2.40. The molecule has 1 aromatic carbocycles. The summed E-state index contributed by atoms with van der Waals surface area (Å²) >= 11 is 0. The molecule has 0 unspecified atom stereocenters. The van der Waals surface area contributed by atoms with Gasteiger partial charge in [0, 0.05) is 13.1 Å². The van der Waals surface area contributed by atoms with Gasteiger partial charge >= 0.3 is 0 Å². The maximum atomic E-state index is 11.7. The number of benzene rings is 1. The van der Waals surface area contributed by atoms with Gasteiger partial charge in [0.05, 0.1) is 12.8 Å². The number of sulfonamides is 1. The van der Waals surface area contributed by atoms with E-state index in [0.717, 1.165) is 16.1 Å². The standard InChI is InChI=1S/C14H20N2O3S/c1-3-11-16(20(2,18)19)12-14(17)15-10-9-13-7-5-4-6-8-13/h3-8H,1,9-12H2,2H3,(H,15,17). The first-order chi connectivity index (χ1) is 9.43. The fourth-order valence-corrected chi connectivity index (χ4v) is 2.40.